The molecule has 1 aliphatic heterocycles. The molecule has 3 unspecified atom stereocenters. The fourth-order valence-electron chi connectivity index (χ4n) is 1.80. The SMILES string of the molecule is CCC1NC(C)C(=O)N1CCS(=O)CC. The number of carbonyl (C=O) groups excluding carboxylic acids is 1. The molecule has 0 radical (unpaired) electrons. The van der Waals surface area contributed by atoms with Gasteiger partial charge in [0, 0.05) is 28.9 Å². The molecule has 1 N–H and O–H groups in total. The minimum absolute atomic E-state index is 0.0926. The highest BCUT2D eigenvalue weighted by Crippen LogP contribution is 2.12. The van der Waals surface area contributed by atoms with E-state index in [0.717, 1.165) is 6.42 Å². The number of carbonyl (C=O) groups is 1. The van der Waals surface area contributed by atoms with Crippen molar-refractivity contribution in [2.75, 3.05) is 18.1 Å². The maximum atomic E-state index is 11.7. The molecule has 0 bridgehead atoms. The molecule has 1 saturated heterocycles. The average Bonchev–Trinajstić information content (AvgIpc) is 2.52. The Kier molecular flexibility index (Phi) is 4.73. The molecule has 88 valence electrons. The summed E-state index contributed by atoms with van der Waals surface area (Å²) in [5, 5.41) is 3.22. The molecule has 1 rings (SSSR count). The van der Waals surface area contributed by atoms with Crippen molar-refractivity contribution in [1.82, 2.24) is 10.2 Å². The monoisotopic (exact) mass is 232 g/mol. The Morgan fingerprint density at radius 2 is 2.13 bits per heavy atom. The first kappa shape index (κ1) is 12.6. The van der Waals surface area contributed by atoms with E-state index in [0.29, 0.717) is 18.1 Å². The number of rotatable bonds is 5. The van der Waals surface area contributed by atoms with Crippen molar-refractivity contribution in [3.63, 3.8) is 0 Å². The van der Waals surface area contributed by atoms with E-state index in [4.69, 9.17) is 0 Å². The van der Waals surface area contributed by atoms with Gasteiger partial charge in [0.2, 0.25) is 5.91 Å². The molecule has 3 atom stereocenters. The lowest BCUT2D eigenvalue weighted by atomic mass is 10.3. The summed E-state index contributed by atoms with van der Waals surface area (Å²) in [7, 11) is -0.788. The van der Waals surface area contributed by atoms with Gasteiger partial charge < -0.3 is 4.90 Å². The van der Waals surface area contributed by atoms with Gasteiger partial charge in [-0.25, -0.2) is 0 Å². The number of hydrogen-bond acceptors (Lipinski definition) is 3. The zero-order valence-corrected chi connectivity index (χ0v) is 10.5. The van der Waals surface area contributed by atoms with E-state index >= 15 is 0 Å². The maximum absolute atomic E-state index is 11.7. The van der Waals surface area contributed by atoms with Crippen molar-refractivity contribution < 1.29 is 9.00 Å². The van der Waals surface area contributed by atoms with Crippen LogP contribution in [0.3, 0.4) is 0 Å². The first-order valence-electron chi connectivity index (χ1n) is 5.51. The largest absolute Gasteiger partial charge is 0.325 e. The molecule has 0 aromatic rings. The lowest BCUT2D eigenvalue weighted by Gasteiger charge is -2.22. The molecule has 5 heteroatoms. The van der Waals surface area contributed by atoms with E-state index < -0.39 is 10.8 Å². The van der Waals surface area contributed by atoms with Crippen molar-refractivity contribution in [2.45, 2.75) is 39.4 Å². The normalized spacial score (nSPS) is 28.5. The van der Waals surface area contributed by atoms with Crippen LogP contribution < -0.4 is 5.32 Å². The molecule has 1 fully saturated rings. The standard InChI is InChI=1S/C10H20N2O2S/c1-4-9-11-8(3)10(13)12(9)6-7-15(14)5-2/h8-9,11H,4-7H2,1-3H3. The minimum atomic E-state index is -0.788. The summed E-state index contributed by atoms with van der Waals surface area (Å²) in [6.07, 6.45) is 1.02. The van der Waals surface area contributed by atoms with E-state index in [-0.39, 0.29) is 18.1 Å². The third-order valence-electron chi connectivity index (χ3n) is 2.74. The number of nitrogens with one attached hydrogen (secondary N) is 1. The summed E-state index contributed by atoms with van der Waals surface area (Å²) in [6, 6.07) is -0.0926. The Morgan fingerprint density at radius 1 is 1.47 bits per heavy atom. The highest BCUT2D eigenvalue weighted by molar-refractivity contribution is 7.84. The fraction of sp³-hybridized carbons (Fsp3) is 0.900. The van der Waals surface area contributed by atoms with E-state index in [1.165, 1.54) is 0 Å². The Morgan fingerprint density at radius 3 is 2.67 bits per heavy atom. The van der Waals surface area contributed by atoms with Gasteiger partial charge in [-0.05, 0) is 13.3 Å². The molecule has 1 heterocycles. The smallest absolute Gasteiger partial charge is 0.240 e. The Labute approximate surface area is 93.9 Å². The Hall–Kier alpha value is -0.420. The molecule has 0 saturated carbocycles. The molecule has 0 aromatic carbocycles. The molecule has 1 aliphatic rings. The molecule has 0 spiro atoms. The van der Waals surface area contributed by atoms with Crippen LogP contribution in [0.1, 0.15) is 27.2 Å². The highest BCUT2D eigenvalue weighted by atomic mass is 32.2. The highest BCUT2D eigenvalue weighted by Gasteiger charge is 2.34. The number of amides is 1. The maximum Gasteiger partial charge on any atom is 0.240 e. The van der Waals surface area contributed by atoms with Crippen LogP contribution in [0.4, 0.5) is 0 Å². The van der Waals surface area contributed by atoms with Gasteiger partial charge in [0.25, 0.3) is 0 Å². The molecule has 0 aliphatic carbocycles. The van der Waals surface area contributed by atoms with Gasteiger partial charge in [-0.1, -0.05) is 13.8 Å². The third-order valence-corrected chi connectivity index (χ3v) is 4.02. The van der Waals surface area contributed by atoms with Gasteiger partial charge >= 0.3 is 0 Å². The second-order valence-electron chi connectivity index (χ2n) is 3.78. The van der Waals surface area contributed by atoms with Crippen LogP contribution in [-0.4, -0.2) is 45.3 Å². The van der Waals surface area contributed by atoms with E-state index in [9.17, 15) is 9.00 Å². The lowest BCUT2D eigenvalue weighted by Crippen LogP contribution is -2.39. The predicted molar refractivity (Wildman–Crippen MR) is 61.9 cm³/mol. The first-order chi connectivity index (χ1) is 7.10. The van der Waals surface area contributed by atoms with Gasteiger partial charge in [0.05, 0.1) is 12.2 Å². The second kappa shape index (κ2) is 5.61. The zero-order valence-electron chi connectivity index (χ0n) is 9.66. The third kappa shape index (κ3) is 3.01. The van der Waals surface area contributed by atoms with E-state index in [1.54, 1.807) is 0 Å². The van der Waals surface area contributed by atoms with Crippen LogP contribution in [0.25, 0.3) is 0 Å². The lowest BCUT2D eigenvalue weighted by molar-refractivity contribution is -0.129. The Bertz CT molecular complexity index is 258. The topological polar surface area (TPSA) is 49.4 Å². The van der Waals surface area contributed by atoms with Crippen molar-refractivity contribution in [3.05, 3.63) is 0 Å². The van der Waals surface area contributed by atoms with Gasteiger partial charge in [0.15, 0.2) is 0 Å². The van der Waals surface area contributed by atoms with Crippen LogP contribution >= 0.6 is 0 Å². The van der Waals surface area contributed by atoms with Crippen molar-refractivity contribution in [3.8, 4) is 0 Å². The first-order valence-corrected chi connectivity index (χ1v) is 7.00. The predicted octanol–water partition coefficient (Wildman–Crippen LogP) is 0.311. The summed E-state index contributed by atoms with van der Waals surface area (Å²) in [5.41, 5.74) is 0. The fourth-order valence-corrected chi connectivity index (χ4v) is 2.49. The van der Waals surface area contributed by atoms with Crippen LogP contribution in [0, 0.1) is 0 Å². The second-order valence-corrected chi connectivity index (χ2v) is 5.64. The summed E-state index contributed by atoms with van der Waals surface area (Å²) in [5.74, 6) is 1.39. The zero-order chi connectivity index (χ0) is 11.4. The van der Waals surface area contributed by atoms with Gasteiger partial charge in [-0.2, -0.15) is 0 Å². The van der Waals surface area contributed by atoms with Crippen molar-refractivity contribution in [1.29, 1.82) is 0 Å². The molecule has 1 amide bonds. The van der Waals surface area contributed by atoms with Crippen molar-refractivity contribution in [2.24, 2.45) is 0 Å². The quantitative estimate of drug-likeness (QED) is 0.742. The summed E-state index contributed by atoms with van der Waals surface area (Å²) >= 11 is 0. The summed E-state index contributed by atoms with van der Waals surface area (Å²) in [4.78, 5) is 13.6. The molecule has 4 nitrogen and oxygen atoms in total. The van der Waals surface area contributed by atoms with Crippen LogP contribution in [-0.2, 0) is 15.6 Å². The molecular weight excluding hydrogens is 212 g/mol. The summed E-state index contributed by atoms with van der Waals surface area (Å²) < 4.78 is 11.3. The summed E-state index contributed by atoms with van der Waals surface area (Å²) in [6.45, 7) is 6.43. The van der Waals surface area contributed by atoms with Crippen LogP contribution in [0.5, 0.6) is 0 Å². The van der Waals surface area contributed by atoms with Gasteiger partial charge in [0.1, 0.15) is 0 Å². The van der Waals surface area contributed by atoms with Gasteiger partial charge in [-0.3, -0.25) is 14.3 Å². The molecular formula is C10H20N2O2S. The van der Waals surface area contributed by atoms with Crippen molar-refractivity contribution >= 4 is 16.7 Å². The van der Waals surface area contributed by atoms with Gasteiger partial charge in [-0.15, -0.1) is 0 Å². The van der Waals surface area contributed by atoms with E-state index in [1.807, 2.05) is 25.7 Å². The van der Waals surface area contributed by atoms with Crippen LogP contribution in [0.15, 0.2) is 0 Å². The Balaban J connectivity index is 2.51. The molecule has 15 heavy (non-hydrogen) atoms. The number of nitrogens with zero attached hydrogens (tertiary/aromatic N) is 1. The minimum Gasteiger partial charge on any atom is -0.325 e. The van der Waals surface area contributed by atoms with Crippen LogP contribution in [0.2, 0.25) is 0 Å². The van der Waals surface area contributed by atoms with E-state index in [2.05, 4.69) is 5.32 Å². The number of hydrogen-bond donors (Lipinski definition) is 1. The average molecular weight is 232 g/mol. The molecule has 0 aromatic heterocycles.